The van der Waals surface area contributed by atoms with Crippen LogP contribution in [0.5, 0.6) is 0 Å². The van der Waals surface area contributed by atoms with Crippen molar-refractivity contribution in [3.05, 3.63) is 227 Å². The van der Waals surface area contributed by atoms with Crippen molar-refractivity contribution in [2.75, 3.05) is 44.2 Å². The number of nitrogens with one attached hydrogen (secondary N) is 4. The summed E-state index contributed by atoms with van der Waals surface area (Å²) in [6.07, 6.45) is 10.9. The van der Waals surface area contributed by atoms with Crippen LogP contribution in [0.4, 0.5) is 46.8 Å². The number of benzene rings is 4. The van der Waals surface area contributed by atoms with E-state index in [1.165, 1.54) is 19.0 Å². The predicted octanol–water partition coefficient (Wildman–Crippen LogP) is 17.8. The van der Waals surface area contributed by atoms with E-state index in [1.807, 2.05) is 195 Å². The van der Waals surface area contributed by atoms with E-state index in [2.05, 4.69) is 149 Å². The Balaban J connectivity index is 0.000000146. The number of hydrogen-bond donors (Lipinski definition) is 8. The summed E-state index contributed by atoms with van der Waals surface area (Å²) in [5.41, 5.74) is 42.1. The first kappa shape index (κ1) is 90.9. The molecule has 0 bridgehead atoms. The van der Waals surface area contributed by atoms with Crippen LogP contribution < -0.4 is 44.2 Å². The quantitative estimate of drug-likeness (QED) is 0.0351. The second-order valence-corrected chi connectivity index (χ2v) is 36.9. The molecule has 664 valence electrons. The number of carbonyl (C=O) groups excluding carboxylic acids is 4. The number of hydrogen-bond acceptors (Lipinski definition) is 25. The van der Waals surface area contributed by atoms with Gasteiger partial charge in [0.25, 0.3) is 0 Å². The average molecular weight is 1730 g/mol. The first-order valence-electron chi connectivity index (χ1n) is 42.3. The van der Waals surface area contributed by atoms with Gasteiger partial charge in [-0.15, -0.1) is 0 Å². The molecule has 12 N–H and O–H groups in total. The van der Waals surface area contributed by atoms with Crippen molar-refractivity contribution in [3.63, 3.8) is 0 Å². The van der Waals surface area contributed by atoms with Crippen molar-refractivity contribution in [2.24, 2.45) is 0 Å². The van der Waals surface area contributed by atoms with Gasteiger partial charge in [0.2, 0.25) is 47.2 Å². The highest BCUT2D eigenvalue weighted by Crippen LogP contribution is 2.39. The van der Waals surface area contributed by atoms with Crippen LogP contribution in [0.2, 0.25) is 0 Å². The number of aromatic nitrogens is 17. The van der Waals surface area contributed by atoms with E-state index in [0.29, 0.717) is 52.3 Å². The van der Waals surface area contributed by atoms with E-state index >= 15 is 0 Å². The molecule has 128 heavy (non-hydrogen) atoms. The van der Waals surface area contributed by atoms with Gasteiger partial charge in [-0.05, 0) is 59.2 Å². The molecule has 0 saturated carbocycles. The summed E-state index contributed by atoms with van der Waals surface area (Å²) in [7, 11) is 0. The molecule has 0 aliphatic rings. The minimum absolute atomic E-state index is 0.143. The van der Waals surface area contributed by atoms with E-state index in [-0.39, 0.29) is 94.8 Å². The SMILES string of the molecule is CC(C)c1cc(-c2ccc(CC(=O)Nc3cc(C(C)(C)C)no3)cc2)c2c(N)ncnn12.CC(C)c1nc(-c2ccc(CC(=O)Nc3cc(C(C)(C)C)no3)cc2)c2c(N)nccn12.CC(C)c1nc(-c2ccc(CC(=O)Nc3cc(C(C)(C)C)no3)cc2)c2c(N)ncnn12.CC(C)n1cc(-c2ccc(CC(=O)Nc3cc(C(C)(C)C)no3)cc2)c2c(N)ncnc21. The van der Waals surface area contributed by atoms with Gasteiger partial charge in [0, 0.05) is 110 Å². The fourth-order valence-corrected chi connectivity index (χ4v) is 14.1. The Labute approximate surface area is 741 Å². The number of amides is 4. The molecular formula is C95H111N25O8. The lowest BCUT2D eigenvalue weighted by molar-refractivity contribution is -0.116. The van der Waals surface area contributed by atoms with Crippen molar-refractivity contribution in [1.82, 2.24) is 83.7 Å². The van der Waals surface area contributed by atoms with Gasteiger partial charge in [-0.3, -0.25) is 44.8 Å². The maximum absolute atomic E-state index is 12.5. The normalized spacial score (nSPS) is 11.9. The van der Waals surface area contributed by atoms with Crippen LogP contribution in [-0.2, 0) is 66.5 Å². The third-order valence-corrected chi connectivity index (χ3v) is 21.1. The first-order valence-corrected chi connectivity index (χ1v) is 42.3. The maximum atomic E-state index is 12.5. The van der Waals surface area contributed by atoms with Gasteiger partial charge < -0.3 is 45.6 Å². The van der Waals surface area contributed by atoms with E-state index in [4.69, 9.17) is 51.0 Å². The molecular weight excluding hydrogens is 1620 g/mol. The van der Waals surface area contributed by atoms with Crippen LogP contribution in [0.1, 0.15) is 225 Å². The van der Waals surface area contributed by atoms with Crippen molar-refractivity contribution < 1.29 is 37.3 Å². The van der Waals surface area contributed by atoms with E-state index in [1.54, 1.807) is 35.0 Å². The number of anilines is 8. The summed E-state index contributed by atoms with van der Waals surface area (Å²) < 4.78 is 28.6. The minimum atomic E-state index is -0.179. The highest BCUT2D eigenvalue weighted by atomic mass is 16.5. The zero-order chi connectivity index (χ0) is 92.2. The lowest BCUT2D eigenvalue weighted by atomic mass is 9.92. The molecule has 16 aromatic rings. The number of fused-ring (bicyclic) bond motifs is 4. The van der Waals surface area contributed by atoms with E-state index in [0.717, 1.165) is 129 Å². The van der Waals surface area contributed by atoms with Gasteiger partial charge in [0.1, 0.15) is 75.9 Å². The Kier molecular flexibility index (Phi) is 26.4. The Morgan fingerprint density at radius 1 is 0.383 bits per heavy atom. The molecule has 12 heterocycles. The first-order chi connectivity index (χ1) is 60.5. The lowest BCUT2D eigenvalue weighted by Crippen LogP contribution is -2.14. The summed E-state index contributed by atoms with van der Waals surface area (Å²) in [6.45, 7) is 41.2. The summed E-state index contributed by atoms with van der Waals surface area (Å²) in [5.74, 6) is 4.86. The molecule has 0 spiro atoms. The van der Waals surface area contributed by atoms with Gasteiger partial charge in [0.05, 0.1) is 53.8 Å². The summed E-state index contributed by atoms with van der Waals surface area (Å²) >= 11 is 0. The molecule has 16 rings (SSSR count). The maximum Gasteiger partial charge on any atom is 0.231 e. The van der Waals surface area contributed by atoms with E-state index < -0.39 is 0 Å². The molecule has 0 aliphatic carbocycles. The van der Waals surface area contributed by atoms with Gasteiger partial charge in [0.15, 0.2) is 11.6 Å². The highest BCUT2D eigenvalue weighted by Gasteiger charge is 2.28. The monoisotopic (exact) mass is 1730 g/mol. The molecule has 0 saturated heterocycles. The summed E-state index contributed by atoms with van der Waals surface area (Å²) in [6, 6.07) is 40.5. The molecule has 4 aromatic carbocycles. The lowest BCUT2D eigenvalue weighted by Gasteiger charge is -2.12. The fraction of sp³-hybridized carbons (Fsp3) is 0.337. The van der Waals surface area contributed by atoms with Crippen LogP contribution in [0.25, 0.3) is 72.4 Å². The second kappa shape index (κ2) is 37.2. The Morgan fingerprint density at radius 3 is 1.11 bits per heavy atom. The number of nitrogen functional groups attached to an aromatic ring is 4. The molecule has 4 amide bonds. The fourth-order valence-electron chi connectivity index (χ4n) is 14.1. The molecule has 0 aliphatic heterocycles. The van der Waals surface area contributed by atoms with Crippen LogP contribution >= 0.6 is 0 Å². The topological polar surface area (TPSA) is 459 Å². The zero-order valence-corrected chi connectivity index (χ0v) is 75.9. The highest BCUT2D eigenvalue weighted by molar-refractivity contribution is 6.01. The number of nitrogens with two attached hydrogens (primary N) is 4. The molecule has 12 aromatic heterocycles. The molecule has 0 atom stereocenters. The van der Waals surface area contributed by atoms with Gasteiger partial charge in [-0.2, -0.15) is 10.2 Å². The molecule has 0 radical (unpaired) electrons. The minimum Gasteiger partial charge on any atom is -0.383 e. The summed E-state index contributed by atoms with van der Waals surface area (Å²) in [5, 5.41) is 36.7. The van der Waals surface area contributed by atoms with Gasteiger partial charge in [-0.25, -0.2) is 43.9 Å². The number of rotatable bonds is 20. The van der Waals surface area contributed by atoms with Crippen molar-refractivity contribution in [1.29, 1.82) is 0 Å². The number of carbonyl (C=O) groups is 4. The largest absolute Gasteiger partial charge is 0.383 e. The smallest absolute Gasteiger partial charge is 0.231 e. The Hall–Kier alpha value is -14.8. The zero-order valence-electron chi connectivity index (χ0n) is 75.9. The van der Waals surface area contributed by atoms with Crippen LogP contribution in [-0.4, -0.2) is 107 Å². The van der Waals surface area contributed by atoms with Gasteiger partial charge >= 0.3 is 0 Å². The van der Waals surface area contributed by atoms with Crippen molar-refractivity contribution in [2.45, 2.75) is 210 Å². The van der Waals surface area contributed by atoms with Crippen LogP contribution in [0, 0.1) is 0 Å². The Morgan fingerprint density at radius 2 is 0.734 bits per heavy atom. The van der Waals surface area contributed by atoms with Crippen molar-refractivity contribution >= 4 is 98.0 Å². The Bertz CT molecular complexity index is 5850. The third-order valence-electron chi connectivity index (χ3n) is 21.1. The number of nitrogens with zero attached hydrogens (tertiary/aromatic N) is 17. The molecule has 33 nitrogen and oxygen atoms in total. The number of imidazole rings is 2. The van der Waals surface area contributed by atoms with Crippen LogP contribution in [0.15, 0.2) is 183 Å². The molecule has 0 fully saturated rings. The van der Waals surface area contributed by atoms with Crippen molar-refractivity contribution in [3.8, 4) is 44.8 Å². The van der Waals surface area contributed by atoms with Gasteiger partial charge in [-0.1, -0.05) is 242 Å². The average Bonchev–Trinajstić information content (AvgIpc) is 1.64. The molecule has 33 heteroatoms. The summed E-state index contributed by atoms with van der Waals surface area (Å²) in [4.78, 5) is 80.5. The van der Waals surface area contributed by atoms with E-state index in [9.17, 15) is 19.2 Å². The van der Waals surface area contributed by atoms with Crippen LogP contribution in [0.3, 0.4) is 0 Å². The standard InChI is InChI=1S/3C24H28N6O2.C23H27N7O2/c1-14(2)30-12-17(21-22(25)26-13-27-23(21)30)16-8-6-15(7-9-16)10-19(31)28-20-11-18(29-32-20)24(3,4)5;1-14(2)18-11-17(22-23(25)26-13-27-30(18)22)16-8-6-15(7-9-16)10-20(31)28-21-12-19(29-32-21)24(3,4)5;1-14(2)23-28-20(21-22(25)26-10-11-30(21)23)16-8-6-15(7-9-16)12-18(31)27-19-13-17(29-32-19)24(3,4)5;1-13(2)22-28-19(20-21(24)25-12-26-30(20)22)15-8-6-14(7-9-15)10-17(31)27-18-11-16(29-32-18)23(3,4)5/h2*6-9,11-14H,10H2,1-5H3,(H,28,31)(H2,25,26,27);6-11,13-14H,12H2,1-5H3,(H2,25,26)(H,27,31);6-9,11-13H,10H2,1-5H3,(H,27,31)(H2,24,25,26). The molecule has 0 unspecified atom stereocenters. The second-order valence-electron chi connectivity index (χ2n) is 36.9. The third kappa shape index (κ3) is 21.1. The predicted molar refractivity (Wildman–Crippen MR) is 496 cm³/mol.